The molecule has 4 nitrogen and oxygen atoms in total. The predicted molar refractivity (Wildman–Crippen MR) is 126 cm³/mol. The van der Waals surface area contributed by atoms with Crippen LogP contribution in [0, 0.1) is 0 Å². The average Bonchev–Trinajstić information content (AvgIpc) is 3.08. The highest BCUT2D eigenvalue weighted by Crippen LogP contribution is 2.41. The molecule has 0 fully saturated rings. The Morgan fingerprint density at radius 2 is 1.74 bits per heavy atom. The van der Waals surface area contributed by atoms with Gasteiger partial charge < -0.3 is 14.8 Å². The zero-order chi connectivity index (χ0) is 24.5. The van der Waals surface area contributed by atoms with Gasteiger partial charge in [-0.05, 0) is 60.5 Å². The Kier molecular flexibility index (Phi) is 6.77. The molecule has 1 aliphatic rings. The van der Waals surface area contributed by atoms with Crippen molar-refractivity contribution in [2.24, 2.45) is 0 Å². The lowest BCUT2D eigenvalue weighted by Gasteiger charge is -2.15. The molecule has 34 heavy (non-hydrogen) atoms. The first-order chi connectivity index (χ1) is 16.2. The van der Waals surface area contributed by atoms with Crippen LogP contribution in [0.3, 0.4) is 0 Å². The third-order valence-corrected chi connectivity index (χ3v) is 5.60. The lowest BCUT2D eigenvalue weighted by Crippen LogP contribution is -2.06. The SMILES string of the molecule is CCOc1cc(/C=C2\C(=O)Nc3cc(C(F)(F)F)ccc32)cc(Cl)c1OCc1ccc(Cl)cc1. The molecule has 3 aromatic carbocycles. The van der Waals surface area contributed by atoms with Gasteiger partial charge in [-0.3, -0.25) is 4.79 Å². The molecular formula is C25H18Cl2F3NO3. The van der Waals surface area contributed by atoms with Gasteiger partial charge in [-0.25, -0.2) is 0 Å². The topological polar surface area (TPSA) is 47.6 Å². The summed E-state index contributed by atoms with van der Waals surface area (Å²) in [6.45, 7) is 2.38. The minimum absolute atomic E-state index is 0.102. The highest BCUT2D eigenvalue weighted by atomic mass is 35.5. The summed E-state index contributed by atoms with van der Waals surface area (Å²) in [6, 6.07) is 13.6. The van der Waals surface area contributed by atoms with Crippen molar-refractivity contribution >= 4 is 46.4 Å². The lowest BCUT2D eigenvalue weighted by atomic mass is 10.0. The molecule has 0 aromatic heterocycles. The molecule has 3 aromatic rings. The molecule has 0 unspecified atom stereocenters. The number of halogens is 5. The maximum absolute atomic E-state index is 13.0. The first kappa shape index (κ1) is 24.0. The van der Waals surface area contributed by atoms with Gasteiger partial charge in [0.2, 0.25) is 0 Å². The minimum atomic E-state index is -4.51. The van der Waals surface area contributed by atoms with Crippen molar-refractivity contribution in [3.8, 4) is 11.5 Å². The quantitative estimate of drug-likeness (QED) is 0.351. The van der Waals surface area contributed by atoms with E-state index in [1.807, 2.05) is 12.1 Å². The largest absolute Gasteiger partial charge is 0.490 e. The summed E-state index contributed by atoms with van der Waals surface area (Å²) in [5.74, 6) is 0.208. The van der Waals surface area contributed by atoms with Gasteiger partial charge in [0.25, 0.3) is 5.91 Å². The van der Waals surface area contributed by atoms with Crippen LogP contribution in [0.5, 0.6) is 11.5 Å². The van der Waals surface area contributed by atoms with E-state index < -0.39 is 17.6 Å². The average molecular weight is 508 g/mol. The summed E-state index contributed by atoms with van der Waals surface area (Å²) < 4.78 is 50.6. The van der Waals surface area contributed by atoms with Crippen molar-refractivity contribution in [1.29, 1.82) is 0 Å². The van der Waals surface area contributed by atoms with Crippen molar-refractivity contribution in [2.45, 2.75) is 19.7 Å². The molecule has 0 atom stereocenters. The molecule has 0 aliphatic carbocycles. The third kappa shape index (κ3) is 5.16. The molecular weight excluding hydrogens is 490 g/mol. The summed E-state index contributed by atoms with van der Waals surface area (Å²) in [6.07, 6.45) is -2.96. The number of carbonyl (C=O) groups excluding carboxylic acids is 1. The Morgan fingerprint density at radius 3 is 2.41 bits per heavy atom. The van der Waals surface area contributed by atoms with Gasteiger partial charge in [0.15, 0.2) is 11.5 Å². The third-order valence-electron chi connectivity index (χ3n) is 5.07. The fourth-order valence-corrected chi connectivity index (χ4v) is 3.89. The molecule has 176 valence electrons. The highest BCUT2D eigenvalue weighted by Gasteiger charge is 2.33. The van der Waals surface area contributed by atoms with Crippen molar-refractivity contribution in [3.63, 3.8) is 0 Å². The standard InChI is InChI=1S/C25H18Cl2F3NO3/c1-2-33-22-11-15(10-20(27)23(22)34-13-14-3-6-17(26)7-4-14)9-19-18-8-5-16(25(28,29)30)12-21(18)31-24(19)32/h3-12H,2,13H2,1H3,(H,31,32)/b19-9-. The maximum atomic E-state index is 13.0. The molecule has 0 spiro atoms. The molecule has 9 heteroatoms. The lowest BCUT2D eigenvalue weighted by molar-refractivity contribution is -0.137. The first-order valence-corrected chi connectivity index (χ1v) is 11.0. The number of rotatable bonds is 6. The first-order valence-electron chi connectivity index (χ1n) is 10.2. The maximum Gasteiger partial charge on any atom is 0.416 e. The number of nitrogens with one attached hydrogen (secondary N) is 1. The zero-order valence-electron chi connectivity index (χ0n) is 17.8. The summed E-state index contributed by atoms with van der Waals surface area (Å²) in [4.78, 5) is 12.5. The van der Waals surface area contributed by atoms with E-state index in [1.165, 1.54) is 6.07 Å². The van der Waals surface area contributed by atoms with Crippen LogP contribution in [-0.2, 0) is 17.6 Å². The molecule has 1 N–H and O–H groups in total. The van der Waals surface area contributed by atoms with Gasteiger partial charge in [-0.1, -0.05) is 41.4 Å². The predicted octanol–water partition coefficient (Wildman–Crippen LogP) is 7.48. The van der Waals surface area contributed by atoms with Crippen molar-refractivity contribution < 1.29 is 27.4 Å². The number of hydrogen-bond acceptors (Lipinski definition) is 3. The molecule has 4 rings (SSSR count). The Hall–Kier alpha value is -3.16. The fraction of sp³-hybridized carbons (Fsp3) is 0.160. The van der Waals surface area contributed by atoms with Crippen LogP contribution >= 0.6 is 23.2 Å². The van der Waals surface area contributed by atoms with E-state index >= 15 is 0 Å². The fourth-order valence-electron chi connectivity index (χ4n) is 3.49. The highest BCUT2D eigenvalue weighted by molar-refractivity contribution is 6.35. The van der Waals surface area contributed by atoms with Crippen LogP contribution in [-0.4, -0.2) is 12.5 Å². The summed E-state index contributed by atoms with van der Waals surface area (Å²) >= 11 is 12.4. The van der Waals surface area contributed by atoms with E-state index in [1.54, 1.807) is 37.3 Å². The van der Waals surface area contributed by atoms with Crippen LogP contribution in [0.2, 0.25) is 10.0 Å². The molecule has 0 saturated carbocycles. The number of anilines is 1. The van der Waals surface area contributed by atoms with E-state index in [9.17, 15) is 18.0 Å². The van der Waals surface area contributed by atoms with Crippen LogP contribution in [0.25, 0.3) is 11.6 Å². The van der Waals surface area contributed by atoms with Crippen LogP contribution < -0.4 is 14.8 Å². The van der Waals surface area contributed by atoms with Crippen molar-refractivity contribution in [3.05, 3.63) is 86.9 Å². The number of carbonyl (C=O) groups is 1. The Balaban J connectivity index is 1.65. The number of ether oxygens (including phenoxy) is 2. The molecule has 0 saturated heterocycles. The van der Waals surface area contributed by atoms with Gasteiger partial charge in [0.05, 0.1) is 17.2 Å². The van der Waals surface area contributed by atoms with Crippen LogP contribution in [0.15, 0.2) is 54.6 Å². The molecule has 1 aliphatic heterocycles. The second-order valence-corrected chi connectivity index (χ2v) is 8.29. The molecule has 1 amide bonds. The number of amides is 1. The second kappa shape index (κ2) is 9.60. The van der Waals surface area contributed by atoms with Gasteiger partial charge >= 0.3 is 6.18 Å². The van der Waals surface area contributed by atoms with Crippen LogP contribution in [0.1, 0.15) is 29.2 Å². The van der Waals surface area contributed by atoms with E-state index in [0.29, 0.717) is 34.3 Å². The Morgan fingerprint density at radius 1 is 1.00 bits per heavy atom. The summed E-state index contributed by atoms with van der Waals surface area (Å²) in [7, 11) is 0. The summed E-state index contributed by atoms with van der Waals surface area (Å²) in [5, 5.41) is 3.36. The van der Waals surface area contributed by atoms with Crippen LogP contribution in [0.4, 0.5) is 18.9 Å². The van der Waals surface area contributed by atoms with E-state index in [2.05, 4.69) is 5.32 Å². The summed E-state index contributed by atoms with van der Waals surface area (Å²) in [5.41, 5.74) is 1.27. The Labute approximate surface area is 203 Å². The number of benzene rings is 3. The van der Waals surface area contributed by atoms with E-state index in [0.717, 1.165) is 17.7 Å². The minimum Gasteiger partial charge on any atom is -0.490 e. The van der Waals surface area contributed by atoms with E-state index in [4.69, 9.17) is 32.7 Å². The van der Waals surface area contributed by atoms with Gasteiger partial charge in [0, 0.05) is 21.8 Å². The van der Waals surface area contributed by atoms with E-state index in [-0.39, 0.29) is 22.9 Å². The molecule has 1 heterocycles. The Bertz CT molecular complexity index is 1270. The monoisotopic (exact) mass is 507 g/mol. The van der Waals surface area contributed by atoms with Gasteiger partial charge in [-0.2, -0.15) is 13.2 Å². The van der Waals surface area contributed by atoms with Crippen molar-refractivity contribution in [1.82, 2.24) is 0 Å². The zero-order valence-corrected chi connectivity index (χ0v) is 19.3. The second-order valence-electron chi connectivity index (χ2n) is 7.45. The molecule has 0 bridgehead atoms. The smallest absolute Gasteiger partial charge is 0.416 e. The normalized spacial score (nSPS) is 14.2. The number of fused-ring (bicyclic) bond motifs is 1. The van der Waals surface area contributed by atoms with Gasteiger partial charge in [-0.15, -0.1) is 0 Å². The number of hydrogen-bond donors (Lipinski definition) is 1. The number of alkyl halides is 3. The van der Waals surface area contributed by atoms with Gasteiger partial charge in [0.1, 0.15) is 6.61 Å². The molecule has 0 radical (unpaired) electrons. The van der Waals surface area contributed by atoms with Crippen molar-refractivity contribution in [2.75, 3.05) is 11.9 Å².